The van der Waals surface area contributed by atoms with E-state index in [2.05, 4.69) is 10.6 Å². The first-order valence-electron chi connectivity index (χ1n) is 9.09. The first-order chi connectivity index (χ1) is 13.9. The number of furan rings is 1. The number of amides is 2. The van der Waals surface area contributed by atoms with Crippen molar-refractivity contribution in [2.45, 2.75) is 20.4 Å². The van der Waals surface area contributed by atoms with Crippen LogP contribution in [0.3, 0.4) is 0 Å². The molecule has 2 N–H and O–H groups in total. The minimum atomic E-state index is -0.446. The number of nitrogens with one attached hydrogen (secondary N) is 2. The molecule has 0 saturated carbocycles. The standard InChI is InChI=1S/C23H21ClN2O3/c1-15-9-10-17(12-16(15)2)22(27)26-21(13-19-7-5-11-29-19)23(28)25-14-18-6-3-4-8-20(18)24/h3-13H,14H2,1-2H3,(H,25,28)(H,26,27)/b21-13+. The molecule has 0 aliphatic heterocycles. The van der Waals surface area contributed by atoms with Crippen LogP contribution in [0.4, 0.5) is 0 Å². The topological polar surface area (TPSA) is 71.3 Å². The predicted octanol–water partition coefficient (Wildman–Crippen LogP) is 4.64. The van der Waals surface area contributed by atoms with Crippen LogP contribution in [-0.2, 0) is 11.3 Å². The number of hydrogen-bond donors (Lipinski definition) is 2. The van der Waals surface area contributed by atoms with Gasteiger partial charge in [-0.3, -0.25) is 9.59 Å². The number of carbonyl (C=O) groups is 2. The molecule has 0 aliphatic carbocycles. The summed E-state index contributed by atoms with van der Waals surface area (Å²) in [5.74, 6) is -0.370. The van der Waals surface area contributed by atoms with Gasteiger partial charge in [-0.15, -0.1) is 0 Å². The lowest BCUT2D eigenvalue weighted by atomic mass is 10.1. The number of aryl methyl sites for hydroxylation is 2. The molecule has 3 aromatic rings. The lowest BCUT2D eigenvalue weighted by molar-refractivity contribution is -0.117. The largest absolute Gasteiger partial charge is 0.465 e. The highest BCUT2D eigenvalue weighted by atomic mass is 35.5. The van der Waals surface area contributed by atoms with E-state index in [9.17, 15) is 9.59 Å². The van der Waals surface area contributed by atoms with E-state index in [0.717, 1.165) is 16.7 Å². The molecule has 2 amide bonds. The molecule has 29 heavy (non-hydrogen) atoms. The summed E-state index contributed by atoms with van der Waals surface area (Å²) in [5.41, 5.74) is 3.41. The van der Waals surface area contributed by atoms with Gasteiger partial charge in [-0.05, 0) is 60.9 Å². The summed E-state index contributed by atoms with van der Waals surface area (Å²) in [7, 11) is 0. The molecule has 5 nitrogen and oxygen atoms in total. The molecule has 0 saturated heterocycles. The van der Waals surface area contributed by atoms with Crippen LogP contribution in [0, 0.1) is 13.8 Å². The Bertz CT molecular complexity index is 1060. The third-order valence-corrected chi connectivity index (χ3v) is 4.86. The molecule has 0 aliphatic rings. The molecular weight excluding hydrogens is 388 g/mol. The maximum absolute atomic E-state index is 12.8. The fraction of sp³-hybridized carbons (Fsp3) is 0.130. The third kappa shape index (κ3) is 5.36. The Morgan fingerprint density at radius 1 is 1.03 bits per heavy atom. The molecule has 2 aromatic carbocycles. The van der Waals surface area contributed by atoms with Gasteiger partial charge in [0.1, 0.15) is 11.5 Å². The third-order valence-electron chi connectivity index (χ3n) is 4.49. The molecule has 0 radical (unpaired) electrons. The quantitative estimate of drug-likeness (QED) is 0.584. The minimum Gasteiger partial charge on any atom is -0.465 e. The minimum absolute atomic E-state index is 0.0789. The Labute approximate surface area is 174 Å². The monoisotopic (exact) mass is 408 g/mol. The normalized spacial score (nSPS) is 11.2. The van der Waals surface area contributed by atoms with Crippen molar-refractivity contribution in [3.05, 3.63) is 99.6 Å². The number of hydrogen-bond acceptors (Lipinski definition) is 3. The zero-order chi connectivity index (χ0) is 20.8. The van der Waals surface area contributed by atoms with Crippen molar-refractivity contribution in [2.75, 3.05) is 0 Å². The Kier molecular flexibility index (Phi) is 6.52. The van der Waals surface area contributed by atoms with Crippen molar-refractivity contribution in [2.24, 2.45) is 0 Å². The van der Waals surface area contributed by atoms with Gasteiger partial charge >= 0.3 is 0 Å². The lowest BCUT2D eigenvalue weighted by Gasteiger charge is -2.12. The molecule has 1 heterocycles. The van der Waals surface area contributed by atoms with Gasteiger partial charge in [0.05, 0.1) is 6.26 Å². The van der Waals surface area contributed by atoms with E-state index in [0.29, 0.717) is 16.3 Å². The first kappa shape index (κ1) is 20.4. The zero-order valence-corrected chi connectivity index (χ0v) is 16.9. The molecule has 1 aromatic heterocycles. The summed E-state index contributed by atoms with van der Waals surface area (Å²) in [5, 5.41) is 6.03. The number of benzene rings is 2. The van der Waals surface area contributed by atoms with Gasteiger partial charge in [0, 0.05) is 23.2 Å². The van der Waals surface area contributed by atoms with Crippen molar-refractivity contribution in [3.8, 4) is 0 Å². The van der Waals surface area contributed by atoms with Crippen molar-refractivity contribution >= 4 is 29.5 Å². The van der Waals surface area contributed by atoms with E-state index < -0.39 is 5.91 Å². The molecule has 0 spiro atoms. The van der Waals surface area contributed by atoms with E-state index >= 15 is 0 Å². The second kappa shape index (κ2) is 9.26. The van der Waals surface area contributed by atoms with Gasteiger partial charge in [0.2, 0.25) is 0 Å². The predicted molar refractivity (Wildman–Crippen MR) is 113 cm³/mol. The summed E-state index contributed by atoms with van der Waals surface area (Å²) >= 11 is 6.14. The lowest BCUT2D eigenvalue weighted by Crippen LogP contribution is -2.34. The van der Waals surface area contributed by atoms with Gasteiger partial charge < -0.3 is 15.1 Å². The van der Waals surface area contributed by atoms with Gasteiger partial charge in [-0.25, -0.2) is 0 Å². The summed E-state index contributed by atoms with van der Waals surface area (Å²) < 4.78 is 5.29. The van der Waals surface area contributed by atoms with Crippen LogP contribution in [0.15, 0.2) is 71.0 Å². The average Bonchev–Trinajstić information content (AvgIpc) is 3.21. The molecular formula is C23H21ClN2O3. The first-order valence-corrected chi connectivity index (χ1v) is 9.47. The number of rotatable bonds is 6. The van der Waals surface area contributed by atoms with Crippen molar-refractivity contribution < 1.29 is 14.0 Å². The molecule has 0 unspecified atom stereocenters. The number of halogens is 1. The van der Waals surface area contributed by atoms with Crippen LogP contribution in [0.5, 0.6) is 0 Å². The van der Waals surface area contributed by atoms with E-state index in [1.165, 1.54) is 12.3 Å². The summed E-state index contributed by atoms with van der Waals surface area (Å²) in [6.07, 6.45) is 2.98. The van der Waals surface area contributed by atoms with Crippen LogP contribution in [-0.4, -0.2) is 11.8 Å². The maximum atomic E-state index is 12.8. The second-order valence-corrected chi connectivity index (χ2v) is 7.01. The van der Waals surface area contributed by atoms with E-state index in [4.69, 9.17) is 16.0 Å². The van der Waals surface area contributed by atoms with Crippen LogP contribution in [0.2, 0.25) is 5.02 Å². The average molecular weight is 409 g/mol. The molecule has 0 bridgehead atoms. The van der Waals surface area contributed by atoms with E-state index in [1.807, 2.05) is 38.1 Å². The van der Waals surface area contributed by atoms with Crippen LogP contribution >= 0.6 is 11.6 Å². The van der Waals surface area contributed by atoms with Gasteiger partial charge in [-0.1, -0.05) is 35.9 Å². The van der Waals surface area contributed by atoms with Gasteiger partial charge in [0.15, 0.2) is 0 Å². The van der Waals surface area contributed by atoms with Crippen molar-refractivity contribution in [3.63, 3.8) is 0 Å². The molecule has 3 rings (SSSR count). The molecule has 0 atom stereocenters. The summed E-state index contributed by atoms with van der Waals surface area (Å²) in [4.78, 5) is 25.5. The van der Waals surface area contributed by atoms with Gasteiger partial charge in [-0.2, -0.15) is 0 Å². The van der Waals surface area contributed by atoms with Crippen molar-refractivity contribution in [1.82, 2.24) is 10.6 Å². The fourth-order valence-electron chi connectivity index (χ4n) is 2.66. The smallest absolute Gasteiger partial charge is 0.268 e. The fourth-order valence-corrected chi connectivity index (χ4v) is 2.87. The zero-order valence-electron chi connectivity index (χ0n) is 16.2. The molecule has 6 heteroatoms. The Hall–Kier alpha value is -3.31. The summed E-state index contributed by atoms with van der Waals surface area (Å²) in [6, 6.07) is 16.0. The molecule has 148 valence electrons. The second-order valence-electron chi connectivity index (χ2n) is 6.60. The SMILES string of the molecule is Cc1ccc(C(=O)N/C(=C/c2ccco2)C(=O)NCc2ccccc2Cl)cc1C. The van der Waals surface area contributed by atoms with E-state index in [1.54, 1.807) is 30.3 Å². The van der Waals surface area contributed by atoms with Crippen LogP contribution in [0.1, 0.15) is 32.8 Å². The Morgan fingerprint density at radius 3 is 2.52 bits per heavy atom. The van der Waals surface area contributed by atoms with Crippen LogP contribution < -0.4 is 10.6 Å². The Balaban J connectivity index is 1.79. The Morgan fingerprint density at radius 2 is 1.83 bits per heavy atom. The van der Waals surface area contributed by atoms with E-state index in [-0.39, 0.29) is 18.1 Å². The highest BCUT2D eigenvalue weighted by Gasteiger charge is 2.16. The maximum Gasteiger partial charge on any atom is 0.268 e. The molecule has 0 fully saturated rings. The van der Waals surface area contributed by atoms with Gasteiger partial charge in [0.25, 0.3) is 11.8 Å². The highest BCUT2D eigenvalue weighted by Crippen LogP contribution is 2.15. The summed E-state index contributed by atoms with van der Waals surface area (Å²) in [6.45, 7) is 4.14. The highest BCUT2D eigenvalue weighted by molar-refractivity contribution is 6.31. The van der Waals surface area contributed by atoms with Crippen LogP contribution in [0.25, 0.3) is 6.08 Å². The van der Waals surface area contributed by atoms with Crippen molar-refractivity contribution in [1.29, 1.82) is 0 Å². The number of carbonyl (C=O) groups excluding carboxylic acids is 2.